The topological polar surface area (TPSA) is 115 Å². The first-order valence-electron chi connectivity index (χ1n) is 12.7. The molecule has 3 aliphatic rings. The molecule has 3 saturated heterocycles. The molecule has 1 aromatic heterocycles. The van der Waals surface area contributed by atoms with Crippen molar-refractivity contribution in [1.82, 2.24) is 30.6 Å². The smallest absolute Gasteiger partial charge is 0.234 e. The van der Waals surface area contributed by atoms with Crippen LogP contribution in [0.25, 0.3) is 10.2 Å². The Morgan fingerprint density at radius 3 is 2.63 bits per heavy atom. The molecule has 3 unspecified atom stereocenters. The Labute approximate surface area is 211 Å². The Bertz CT molecular complexity index is 1110. The molecular weight excluding hydrogens is 484 g/mol. The van der Waals surface area contributed by atoms with Crippen LogP contribution < -0.4 is 21.3 Å². The SMILES string of the molecule is CC(C)S(=O)(=O)N1CCC(C2NC(=O)C(c3nc4ccccc4s3)C(N[C@@H]3CCCNC3)N2)CC1. The summed E-state index contributed by atoms with van der Waals surface area (Å²) in [5, 5.41) is 14.5. The number of carbonyl (C=O) groups is 1. The number of hydrogen-bond donors (Lipinski definition) is 4. The van der Waals surface area contributed by atoms with E-state index in [2.05, 4.69) is 21.3 Å². The van der Waals surface area contributed by atoms with E-state index in [1.807, 2.05) is 24.3 Å². The number of nitrogens with zero attached hydrogens (tertiary/aromatic N) is 2. The average Bonchev–Trinajstić information content (AvgIpc) is 3.28. The van der Waals surface area contributed by atoms with E-state index < -0.39 is 21.2 Å². The van der Waals surface area contributed by atoms with Gasteiger partial charge in [-0.25, -0.2) is 17.7 Å². The van der Waals surface area contributed by atoms with E-state index >= 15 is 0 Å². The molecule has 0 spiro atoms. The summed E-state index contributed by atoms with van der Waals surface area (Å²) in [4.78, 5) is 18.4. The summed E-state index contributed by atoms with van der Waals surface area (Å²) >= 11 is 1.57. The Balaban J connectivity index is 1.34. The van der Waals surface area contributed by atoms with Gasteiger partial charge in [-0.05, 0) is 64.1 Å². The summed E-state index contributed by atoms with van der Waals surface area (Å²) < 4.78 is 27.9. The maximum Gasteiger partial charge on any atom is 0.234 e. The maximum absolute atomic E-state index is 13.5. The Morgan fingerprint density at radius 1 is 1.17 bits per heavy atom. The number of amides is 1. The third kappa shape index (κ3) is 5.26. The van der Waals surface area contributed by atoms with Crippen LogP contribution in [-0.2, 0) is 14.8 Å². The zero-order chi connectivity index (χ0) is 24.6. The first-order chi connectivity index (χ1) is 16.8. The van der Waals surface area contributed by atoms with E-state index in [9.17, 15) is 13.2 Å². The van der Waals surface area contributed by atoms with Crippen molar-refractivity contribution in [1.29, 1.82) is 0 Å². The maximum atomic E-state index is 13.5. The Hall–Kier alpha value is -1.63. The van der Waals surface area contributed by atoms with Gasteiger partial charge in [-0.2, -0.15) is 0 Å². The fraction of sp³-hybridized carbons (Fsp3) is 0.667. The Morgan fingerprint density at radius 2 is 1.94 bits per heavy atom. The van der Waals surface area contributed by atoms with E-state index in [4.69, 9.17) is 4.98 Å². The van der Waals surface area contributed by atoms with Crippen molar-refractivity contribution in [2.24, 2.45) is 5.92 Å². The number of sulfonamides is 1. The van der Waals surface area contributed by atoms with Crippen LogP contribution in [0.2, 0.25) is 0 Å². The highest BCUT2D eigenvalue weighted by Crippen LogP contribution is 2.33. The van der Waals surface area contributed by atoms with E-state index in [1.165, 1.54) is 0 Å². The lowest BCUT2D eigenvalue weighted by atomic mass is 9.90. The van der Waals surface area contributed by atoms with Gasteiger partial charge in [0.05, 0.1) is 27.8 Å². The molecule has 5 rings (SSSR count). The predicted molar refractivity (Wildman–Crippen MR) is 139 cm³/mol. The number of rotatable bonds is 6. The molecule has 2 aromatic rings. The fourth-order valence-corrected chi connectivity index (χ4v) is 7.83. The zero-order valence-corrected chi connectivity index (χ0v) is 22.0. The highest BCUT2D eigenvalue weighted by Gasteiger charge is 2.43. The summed E-state index contributed by atoms with van der Waals surface area (Å²) in [6, 6.07) is 8.27. The molecule has 0 bridgehead atoms. The molecule has 1 amide bonds. The van der Waals surface area contributed by atoms with Gasteiger partial charge >= 0.3 is 0 Å². The molecule has 4 N–H and O–H groups in total. The number of para-hydroxylation sites is 1. The number of nitrogens with one attached hydrogen (secondary N) is 4. The molecule has 9 nitrogen and oxygen atoms in total. The largest absolute Gasteiger partial charge is 0.340 e. The molecule has 3 fully saturated rings. The molecular formula is C24H36N6O3S2. The fourth-order valence-electron chi connectivity index (χ4n) is 5.41. The summed E-state index contributed by atoms with van der Waals surface area (Å²) in [6.45, 7) is 6.34. The monoisotopic (exact) mass is 520 g/mol. The molecule has 3 aliphatic heterocycles. The second-order valence-electron chi connectivity index (χ2n) is 10.2. The zero-order valence-electron chi connectivity index (χ0n) is 20.4. The van der Waals surface area contributed by atoms with E-state index in [1.54, 1.807) is 29.5 Å². The second kappa shape index (κ2) is 10.4. The summed E-state index contributed by atoms with van der Waals surface area (Å²) in [5.74, 6) is -0.277. The molecule has 0 aliphatic carbocycles. The number of carbonyl (C=O) groups excluding carboxylic acids is 1. The molecule has 4 heterocycles. The minimum Gasteiger partial charge on any atom is -0.340 e. The van der Waals surface area contributed by atoms with Crippen LogP contribution in [0.3, 0.4) is 0 Å². The van der Waals surface area contributed by atoms with Crippen molar-refractivity contribution < 1.29 is 13.2 Å². The highest BCUT2D eigenvalue weighted by atomic mass is 32.2. The number of benzene rings is 1. The number of hydrogen-bond acceptors (Lipinski definition) is 8. The van der Waals surface area contributed by atoms with E-state index in [-0.39, 0.29) is 30.2 Å². The van der Waals surface area contributed by atoms with Crippen LogP contribution >= 0.6 is 11.3 Å². The van der Waals surface area contributed by atoms with Gasteiger partial charge in [-0.3, -0.25) is 15.4 Å². The normalized spacial score (nSPS) is 29.5. The predicted octanol–water partition coefficient (Wildman–Crippen LogP) is 1.54. The molecule has 0 saturated carbocycles. The van der Waals surface area contributed by atoms with Gasteiger partial charge < -0.3 is 10.6 Å². The summed E-state index contributed by atoms with van der Waals surface area (Å²) in [7, 11) is -3.25. The first-order valence-corrected chi connectivity index (χ1v) is 15.0. The van der Waals surface area contributed by atoms with Gasteiger partial charge in [0.2, 0.25) is 15.9 Å². The number of thiazole rings is 1. The summed E-state index contributed by atoms with van der Waals surface area (Å²) in [5.41, 5.74) is 0.916. The van der Waals surface area contributed by atoms with E-state index in [0.717, 1.165) is 41.2 Å². The van der Waals surface area contributed by atoms with Crippen molar-refractivity contribution in [2.75, 3.05) is 26.2 Å². The van der Waals surface area contributed by atoms with Gasteiger partial charge in [0.25, 0.3) is 0 Å². The first kappa shape index (κ1) is 25.0. The molecule has 1 aromatic carbocycles. The van der Waals surface area contributed by atoms with Crippen molar-refractivity contribution >= 4 is 37.5 Å². The highest BCUT2D eigenvalue weighted by molar-refractivity contribution is 7.89. The van der Waals surface area contributed by atoms with E-state index in [0.29, 0.717) is 25.9 Å². The van der Waals surface area contributed by atoms with Crippen molar-refractivity contribution in [2.45, 2.75) is 69.1 Å². The van der Waals surface area contributed by atoms with Gasteiger partial charge in [0.1, 0.15) is 10.9 Å². The minimum atomic E-state index is -3.25. The number of aromatic nitrogens is 1. The molecule has 4 atom stereocenters. The molecule has 11 heteroatoms. The van der Waals surface area contributed by atoms with Crippen LogP contribution in [0.5, 0.6) is 0 Å². The van der Waals surface area contributed by atoms with Gasteiger partial charge in [-0.15, -0.1) is 11.3 Å². The van der Waals surface area contributed by atoms with Crippen LogP contribution in [0.1, 0.15) is 50.5 Å². The van der Waals surface area contributed by atoms with Crippen molar-refractivity contribution in [3.05, 3.63) is 29.3 Å². The quantitative estimate of drug-likeness (QED) is 0.457. The van der Waals surface area contributed by atoms with Gasteiger partial charge in [-0.1, -0.05) is 12.1 Å². The molecule has 0 radical (unpaired) electrons. The van der Waals surface area contributed by atoms with Crippen LogP contribution in [0.15, 0.2) is 24.3 Å². The number of piperidine rings is 2. The number of fused-ring (bicyclic) bond motifs is 1. The van der Waals surface area contributed by atoms with Crippen molar-refractivity contribution in [3.63, 3.8) is 0 Å². The van der Waals surface area contributed by atoms with Crippen LogP contribution in [-0.4, -0.2) is 73.4 Å². The van der Waals surface area contributed by atoms with Gasteiger partial charge in [0.15, 0.2) is 0 Å². The standard InChI is InChI=1S/C24H36N6O3S2/c1-15(2)35(32,33)30-12-9-16(10-13-30)21-28-22(26-17-6-5-11-25-14-17)20(23(31)29-21)24-27-18-7-3-4-8-19(18)34-24/h3-4,7-8,15-17,20-22,25-26,28H,5-6,9-14H2,1-2H3,(H,29,31)/t17-,20?,21?,22?/m1/s1. The lowest BCUT2D eigenvalue weighted by Gasteiger charge is -2.44. The molecule has 192 valence electrons. The third-order valence-electron chi connectivity index (χ3n) is 7.49. The summed E-state index contributed by atoms with van der Waals surface area (Å²) in [6.07, 6.45) is 3.16. The van der Waals surface area contributed by atoms with Crippen molar-refractivity contribution in [3.8, 4) is 0 Å². The molecule has 35 heavy (non-hydrogen) atoms. The average molecular weight is 521 g/mol. The second-order valence-corrected chi connectivity index (χ2v) is 13.7. The third-order valence-corrected chi connectivity index (χ3v) is 10.9. The lowest BCUT2D eigenvalue weighted by molar-refractivity contribution is -0.128. The lowest BCUT2D eigenvalue weighted by Crippen LogP contribution is -2.69. The Kier molecular flexibility index (Phi) is 7.43. The minimum absolute atomic E-state index is 0.0219. The van der Waals surface area contributed by atoms with Gasteiger partial charge in [0, 0.05) is 25.7 Å². The van der Waals surface area contributed by atoms with Crippen LogP contribution in [0.4, 0.5) is 0 Å². The van der Waals surface area contributed by atoms with Crippen LogP contribution in [0, 0.1) is 5.92 Å².